The van der Waals surface area contributed by atoms with Gasteiger partial charge in [0, 0.05) is 19.3 Å². The van der Waals surface area contributed by atoms with Gasteiger partial charge in [-0.25, -0.2) is 13.2 Å². The van der Waals surface area contributed by atoms with Crippen molar-refractivity contribution in [3.63, 3.8) is 0 Å². The number of rotatable bonds is 6. The van der Waals surface area contributed by atoms with Gasteiger partial charge in [0.2, 0.25) is 5.91 Å². The Morgan fingerprint density at radius 3 is 2.63 bits per heavy atom. The van der Waals surface area contributed by atoms with E-state index in [2.05, 4.69) is 10.3 Å². The summed E-state index contributed by atoms with van der Waals surface area (Å²) in [5, 5.41) is 10.9. The number of carboxylic acid groups (broad SMARTS) is 1. The predicted molar refractivity (Wildman–Crippen MR) is 67.0 cm³/mol. The number of amides is 1. The van der Waals surface area contributed by atoms with Crippen LogP contribution in [0.2, 0.25) is 0 Å². The lowest BCUT2D eigenvalue weighted by atomic mass is 10.3. The van der Waals surface area contributed by atoms with Crippen molar-refractivity contribution in [2.24, 2.45) is 0 Å². The molecule has 1 heterocycles. The first kappa shape index (κ1) is 15.1. The van der Waals surface area contributed by atoms with Gasteiger partial charge in [0.1, 0.15) is 6.04 Å². The Labute approximate surface area is 110 Å². The molecule has 0 saturated carbocycles. The SMILES string of the molecule is CC(=O)NC(CS(=O)(=O)Cc1cccnc1)C(=O)O. The average molecular weight is 286 g/mol. The minimum atomic E-state index is -3.66. The van der Waals surface area contributed by atoms with Crippen molar-refractivity contribution in [2.45, 2.75) is 18.7 Å². The van der Waals surface area contributed by atoms with Crippen LogP contribution in [0.3, 0.4) is 0 Å². The number of aliphatic carboxylic acids is 1. The monoisotopic (exact) mass is 286 g/mol. The number of carbonyl (C=O) groups excluding carboxylic acids is 1. The topological polar surface area (TPSA) is 113 Å². The van der Waals surface area contributed by atoms with E-state index in [1.165, 1.54) is 12.4 Å². The summed E-state index contributed by atoms with van der Waals surface area (Å²) in [7, 11) is -3.66. The molecule has 0 bridgehead atoms. The third-order valence-electron chi connectivity index (χ3n) is 2.21. The molecule has 0 radical (unpaired) electrons. The fourth-order valence-corrected chi connectivity index (χ4v) is 3.00. The summed E-state index contributed by atoms with van der Waals surface area (Å²) in [6.45, 7) is 1.13. The van der Waals surface area contributed by atoms with E-state index < -0.39 is 33.5 Å². The van der Waals surface area contributed by atoms with E-state index >= 15 is 0 Å². The first-order valence-electron chi connectivity index (χ1n) is 5.39. The van der Waals surface area contributed by atoms with Crippen molar-refractivity contribution in [1.29, 1.82) is 0 Å². The lowest BCUT2D eigenvalue weighted by Crippen LogP contribution is -2.44. The van der Waals surface area contributed by atoms with E-state index in [-0.39, 0.29) is 5.75 Å². The van der Waals surface area contributed by atoms with E-state index in [9.17, 15) is 18.0 Å². The van der Waals surface area contributed by atoms with Crippen molar-refractivity contribution in [1.82, 2.24) is 10.3 Å². The molecule has 0 spiro atoms. The Balaban J connectivity index is 2.77. The van der Waals surface area contributed by atoms with Crippen LogP contribution in [-0.2, 0) is 25.2 Å². The molecule has 0 aromatic carbocycles. The van der Waals surface area contributed by atoms with Crippen LogP contribution < -0.4 is 5.32 Å². The van der Waals surface area contributed by atoms with Crippen molar-refractivity contribution >= 4 is 21.7 Å². The highest BCUT2D eigenvalue weighted by Gasteiger charge is 2.26. The minimum absolute atomic E-state index is 0.315. The largest absolute Gasteiger partial charge is 0.480 e. The van der Waals surface area contributed by atoms with Gasteiger partial charge in [-0.3, -0.25) is 9.78 Å². The standard InChI is InChI=1S/C11H14N2O5S/c1-8(14)13-10(11(15)16)7-19(17,18)6-9-3-2-4-12-5-9/h2-5,10H,6-7H2,1H3,(H,13,14)(H,15,16). The molecule has 1 atom stereocenters. The molecule has 1 aromatic rings. The minimum Gasteiger partial charge on any atom is -0.480 e. The highest BCUT2D eigenvalue weighted by atomic mass is 32.2. The van der Waals surface area contributed by atoms with Crippen LogP contribution in [0.4, 0.5) is 0 Å². The van der Waals surface area contributed by atoms with Gasteiger partial charge in [-0.15, -0.1) is 0 Å². The Hall–Kier alpha value is -1.96. The predicted octanol–water partition coefficient (Wildman–Crippen LogP) is -0.414. The van der Waals surface area contributed by atoms with Gasteiger partial charge in [0.15, 0.2) is 9.84 Å². The van der Waals surface area contributed by atoms with Crippen LogP contribution >= 0.6 is 0 Å². The summed E-state index contributed by atoms with van der Waals surface area (Å²) in [5.41, 5.74) is 0.467. The van der Waals surface area contributed by atoms with Gasteiger partial charge in [-0.1, -0.05) is 6.07 Å². The van der Waals surface area contributed by atoms with E-state index in [1.807, 2.05) is 0 Å². The van der Waals surface area contributed by atoms with Crippen LogP contribution in [0, 0.1) is 0 Å². The van der Waals surface area contributed by atoms with E-state index in [0.717, 1.165) is 6.92 Å². The molecule has 7 nitrogen and oxygen atoms in total. The third kappa shape index (κ3) is 5.47. The maximum Gasteiger partial charge on any atom is 0.327 e. The summed E-state index contributed by atoms with van der Waals surface area (Å²) in [5.74, 6) is -2.95. The van der Waals surface area contributed by atoms with Crippen molar-refractivity contribution in [3.8, 4) is 0 Å². The fraction of sp³-hybridized carbons (Fsp3) is 0.364. The number of pyridine rings is 1. The van der Waals surface area contributed by atoms with Crippen LogP contribution in [0.25, 0.3) is 0 Å². The Kier molecular flexibility index (Phi) is 4.99. The van der Waals surface area contributed by atoms with Gasteiger partial charge >= 0.3 is 5.97 Å². The number of hydrogen-bond acceptors (Lipinski definition) is 5. The van der Waals surface area contributed by atoms with Gasteiger partial charge in [-0.2, -0.15) is 0 Å². The number of nitrogens with zero attached hydrogens (tertiary/aromatic N) is 1. The first-order valence-corrected chi connectivity index (χ1v) is 7.21. The molecule has 0 aliphatic carbocycles. The molecule has 1 aromatic heterocycles. The molecular formula is C11H14N2O5S. The normalized spacial score (nSPS) is 12.7. The second-order valence-electron chi connectivity index (χ2n) is 4.01. The molecule has 0 aliphatic rings. The fourth-order valence-electron chi connectivity index (χ4n) is 1.47. The van der Waals surface area contributed by atoms with Crippen molar-refractivity contribution in [2.75, 3.05) is 5.75 Å². The second-order valence-corrected chi connectivity index (χ2v) is 6.12. The van der Waals surface area contributed by atoms with E-state index in [4.69, 9.17) is 5.11 Å². The lowest BCUT2D eigenvalue weighted by Gasteiger charge is -2.13. The highest BCUT2D eigenvalue weighted by Crippen LogP contribution is 2.06. The zero-order chi connectivity index (χ0) is 14.5. The summed E-state index contributed by atoms with van der Waals surface area (Å²) in [6.07, 6.45) is 2.90. The average Bonchev–Trinajstić information content (AvgIpc) is 2.27. The summed E-state index contributed by atoms with van der Waals surface area (Å²) < 4.78 is 23.7. The number of aromatic nitrogens is 1. The Morgan fingerprint density at radius 2 is 2.16 bits per heavy atom. The molecule has 19 heavy (non-hydrogen) atoms. The summed E-state index contributed by atoms with van der Waals surface area (Å²) in [6, 6.07) is 1.73. The quantitative estimate of drug-likeness (QED) is 0.734. The molecule has 8 heteroatoms. The summed E-state index contributed by atoms with van der Waals surface area (Å²) in [4.78, 5) is 25.5. The zero-order valence-corrected chi connectivity index (χ0v) is 11.1. The number of nitrogens with one attached hydrogen (secondary N) is 1. The molecule has 104 valence electrons. The summed E-state index contributed by atoms with van der Waals surface area (Å²) >= 11 is 0. The van der Waals surface area contributed by atoms with Gasteiger partial charge in [0.25, 0.3) is 0 Å². The Morgan fingerprint density at radius 1 is 1.47 bits per heavy atom. The van der Waals surface area contributed by atoms with Crippen LogP contribution in [0.15, 0.2) is 24.5 Å². The smallest absolute Gasteiger partial charge is 0.327 e. The van der Waals surface area contributed by atoms with Crippen LogP contribution in [-0.4, -0.2) is 42.2 Å². The van der Waals surface area contributed by atoms with Crippen LogP contribution in [0.5, 0.6) is 0 Å². The van der Waals surface area contributed by atoms with Gasteiger partial charge < -0.3 is 10.4 Å². The molecule has 1 amide bonds. The molecule has 0 saturated heterocycles. The molecule has 0 aliphatic heterocycles. The van der Waals surface area contributed by atoms with Crippen molar-refractivity contribution in [3.05, 3.63) is 30.1 Å². The molecule has 1 rings (SSSR count). The molecule has 1 unspecified atom stereocenters. The highest BCUT2D eigenvalue weighted by molar-refractivity contribution is 7.90. The third-order valence-corrected chi connectivity index (χ3v) is 3.82. The zero-order valence-electron chi connectivity index (χ0n) is 10.2. The molecule has 0 fully saturated rings. The number of carbonyl (C=O) groups is 2. The molecular weight excluding hydrogens is 272 g/mol. The lowest BCUT2D eigenvalue weighted by molar-refractivity contribution is -0.140. The number of hydrogen-bond donors (Lipinski definition) is 2. The number of carboxylic acids is 1. The van der Waals surface area contributed by atoms with E-state index in [1.54, 1.807) is 12.1 Å². The second kappa shape index (κ2) is 6.28. The number of sulfone groups is 1. The van der Waals surface area contributed by atoms with Crippen LogP contribution in [0.1, 0.15) is 12.5 Å². The van der Waals surface area contributed by atoms with Gasteiger partial charge in [-0.05, 0) is 11.6 Å². The maximum absolute atomic E-state index is 11.9. The van der Waals surface area contributed by atoms with E-state index in [0.29, 0.717) is 5.56 Å². The molecule has 2 N–H and O–H groups in total. The maximum atomic E-state index is 11.9. The van der Waals surface area contributed by atoms with Gasteiger partial charge in [0.05, 0.1) is 11.5 Å². The Bertz CT molecular complexity index is 556. The first-order chi connectivity index (χ1) is 8.80. The van der Waals surface area contributed by atoms with Crippen molar-refractivity contribution < 1.29 is 23.1 Å².